The van der Waals surface area contributed by atoms with Gasteiger partial charge in [-0.3, -0.25) is 0 Å². The number of hydrogen-bond donors (Lipinski definition) is 1. The standard InChI is InChI=1S/C19H22BrN/c1-14-7-8-16(12-19(14)20)18-9-10-21-13-17(18)11-15-5-3-2-4-6-15/h2-8,12,17-18,21H,9-11,13H2,1H3. The van der Waals surface area contributed by atoms with Crippen molar-refractivity contribution < 1.29 is 0 Å². The van der Waals surface area contributed by atoms with E-state index >= 15 is 0 Å². The summed E-state index contributed by atoms with van der Waals surface area (Å²) in [5, 5.41) is 3.57. The highest BCUT2D eigenvalue weighted by molar-refractivity contribution is 9.10. The van der Waals surface area contributed by atoms with Crippen LogP contribution < -0.4 is 5.32 Å². The van der Waals surface area contributed by atoms with E-state index in [0.29, 0.717) is 11.8 Å². The molecule has 1 heterocycles. The van der Waals surface area contributed by atoms with Gasteiger partial charge in [-0.1, -0.05) is 58.4 Å². The molecule has 0 radical (unpaired) electrons. The van der Waals surface area contributed by atoms with E-state index in [-0.39, 0.29) is 0 Å². The van der Waals surface area contributed by atoms with Gasteiger partial charge in [0.25, 0.3) is 0 Å². The quantitative estimate of drug-likeness (QED) is 0.852. The molecule has 2 aromatic rings. The normalized spacial score (nSPS) is 22.2. The van der Waals surface area contributed by atoms with Crippen LogP contribution in [0.25, 0.3) is 0 Å². The second kappa shape index (κ2) is 6.76. The van der Waals surface area contributed by atoms with Crippen LogP contribution in [0.2, 0.25) is 0 Å². The Morgan fingerprint density at radius 1 is 1.14 bits per heavy atom. The molecule has 2 aromatic carbocycles. The third-order valence-electron chi connectivity index (χ3n) is 4.57. The highest BCUT2D eigenvalue weighted by Crippen LogP contribution is 2.34. The van der Waals surface area contributed by atoms with Crippen molar-refractivity contribution in [2.75, 3.05) is 13.1 Å². The zero-order valence-corrected chi connectivity index (χ0v) is 14.1. The van der Waals surface area contributed by atoms with Crippen LogP contribution in [0.1, 0.15) is 29.0 Å². The van der Waals surface area contributed by atoms with E-state index in [1.165, 1.54) is 27.6 Å². The van der Waals surface area contributed by atoms with E-state index in [9.17, 15) is 0 Å². The Morgan fingerprint density at radius 3 is 2.71 bits per heavy atom. The fraction of sp³-hybridized carbons (Fsp3) is 0.368. The van der Waals surface area contributed by atoms with Crippen LogP contribution in [0.15, 0.2) is 53.0 Å². The Balaban J connectivity index is 1.82. The van der Waals surface area contributed by atoms with Gasteiger partial charge in [-0.2, -0.15) is 0 Å². The van der Waals surface area contributed by atoms with E-state index in [0.717, 1.165) is 19.5 Å². The van der Waals surface area contributed by atoms with Crippen molar-refractivity contribution in [1.29, 1.82) is 0 Å². The first-order valence-corrected chi connectivity index (χ1v) is 8.54. The molecular formula is C19H22BrN. The second-order valence-corrected chi connectivity index (χ2v) is 6.91. The fourth-order valence-electron chi connectivity index (χ4n) is 3.33. The molecule has 0 saturated carbocycles. The van der Waals surface area contributed by atoms with Crippen molar-refractivity contribution >= 4 is 15.9 Å². The maximum absolute atomic E-state index is 3.68. The topological polar surface area (TPSA) is 12.0 Å². The molecule has 2 heteroatoms. The molecule has 1 nitrogen and oxygen atoms in total. The number of hydrogen-bond acceptors (Lipinski definition) is 1. The highest BCUT2D eigenvalue weighted by atomic mass is 79.9. The summed E-state index contributed by atoms with van der Waals surface area (Å²) in [5.74, 6) is 1.33. The molecule has 0 spiro atoms. The lowest BCUT2D eigenvalue weighted by Crippen LogP contribution is -2.36. The summed E-state index contributed by atoms with van der Waals surface area (Å²) in [6.45, 7) is 4.39. The molecule has 1 fully saturated rings. The van der Waals surface area contributed by atoms with Crippen molar-refractivity contribution in [1.82, 2.24) is 5.32 Å². The summed E-state index contributed by atoms with van der Waals surface area (Å²) in [6.07, 6.45) is 2.39. The summed E-state index contributed by atoms with van der Waals surface area (Å²) in [6, 6.07) is 17.7. The van der Waals surface area contributed by atoms with Crippen LogP contribution in [-0.4, -0.2) is 13.1 Å². The Labute approximate surface area is 135 Å². The molecule has 1 N–H and O–H groups in total. The minimum absolute atomic E-state index is 0.656. The molecular weight excluding hydrogens is 322 g/mol. The van der Waals surface area contributed by atoms with Gasteiger partial charge in [0.15, 0.2) is 0 Å². The van der Waals surface area contributed by atoms with Gasteiger partial charge in [-0.25, -0.2) is 0 Å². The van der Waals surface area contributed by atoms with Gasteiger partial charge in [0, 0.05) is 4.47 Å². The first-order chi connectivity index (χ1) is 10.2. The molecule has 0 amide bonds. The molecule has 1 saturated heterocycles. The average Bonchev–Trinajstić information content (AvgIpc) is 2.52. The number of halogens is 1. The first-order valence-electron chi connectivity index (χ1n) is 7.75. The van der Waals surface area contributed by atoms with E-state index < -0.39 is 0 Å². The van der Waals surface area contributed by atoms with Crippen molar-refractivity contribution in [3.63, 3.8) is 0 Å². The van der Waals surface area contributed by atoms with Gasteiger partial charge in [-0.15, -0.1) is 0 Å². The lowest BCUT2D eigenvalue weighted by molar-refractivity contribution is 0.324. The zero-order chi connectivity index (χ0) is 14.7. The van der Waals surface area contributed by atoms with Crippen molar-refractivity contribution in [3.8, 4) is 0 Å². The summed E-state index contributed by atoms with van der Waals surface area (Å²) < 4.78 is 1.23. The van der Waals surface area contributed by atoms with Crippen LogP contribution in [0.3, 0.4) is 0 Å². The second-order valence-electron chi connectivity index (χ2n) is 6.06. The zero-order valence-electron chi connectivity index (χ0n) is 12.5. The lowest BCUT2D eigenvalue weighted by atomic mass is 9.78. The van der Waals surface area contributed by atoms with Gasteiger partial charge >= 0.3 is 0 Å². The van der Waals surface area contributed by atoms with E-state index in [2.05, 4.69) is 76.7 Å². The summed E-state index contributed by atoms with van der Waals surface area (Å²) >= 11 is 3.68. The van der Waals surface area contributed by atoms with E-state index in [1.54, 1.807) is 0 Å². The van der Waals surface area contributed by atoms with Gasteiger partial charge in [0.1, 0.15) is 0 Å². The molecule has 2 atom stereocenters. The van der Waals surface area contributed by atoms with Crippen molar-refractivity contribution in [3.05, 3.63) is 69.7 Å². The van der Waals surface area contributed by atoms with Crippen LogP contribution in [-0.2, 0) is 6.42 Å². The van der Waals surface area contributed by atoms with Crippen LogP contribution >= 0.6 is 15.9 Å². The molecule has 0 aliphatic carbocycles. The van der Waals surface area contributed by atoms with Gasteiger partial charge in [-0.05, 0) is 67.4 Å². The van der Waals surface area contributed by atoms with E-state index in [1.807, 2.05) is 0 Å². The smallest absolute Gasteiger partial charge is 0.0207 e. The number of rotatable bonds is 3. The maximum Gasteiger partial charge on any atom is 0.0207 e. The molecule has 21 heavy (non-hydrogen) atoms. The minimum atomic E-state index is 0.656. The number of nitrogens with one attached hydrogen (secondary N) is 1. The van der Waals surface area contributed by atoms with Gasteiger partial charge in [0.05, 0.1) is 0 Å². The van der Waals surface area contributed by atoms with Crippen LogP contribution in [0.4, 0.5) is 0 Å². The highest BCUT2D eigenvalue weighted by Gasteiger charge is 2.26. The fourth-order valence-corrected chi connectivity index (χ4v) is 3.73. The largest absolute Gasteiger partial charge is 0.316 e. The predicted octanol–water partition coefficient (Wildman–Crippen LogP) is 4.69. The third-order valence-corrected chi connectivity index (χ3v) is 5.43. The molecule has 2 unspecified atom stereocenters. The lowest BCUT2D eigenvalue weighted by Gasteiger charge is -2.33. The molecule has 110 valence electrons. The van der Waals surface area contributed by atoms with Gasteiger partial charge < -0.3 is 5.32 Å². The van der Waals surface area contributed by atoms with Crippen LogP contribution in [0, 0.1) is 12.8 Å². The number of piperidine rings is 1. The van der Waals surface area contributed by atoms with Gasteiger partial charge in [0.2, 0.25) is 0 Å². The minimum Gasteiger partial charge on any atom is -0.316 e. The summed E-state index contributed by atoms with van der Waals surface area (Å²) in [5.41, 5.74) is 4.24. The number of benzene rings is 2. The molecule has 1 aliphatic heterocycles. The first kappa shape index (κ1) is 14.8. The maximum atomic E-state index is 3.68. The van der Waals surface area contributed by atoms with E-state index in [4.69, 9.17) is 0 Å². The molecule has 1 aliphatic rings. The Kier molecular flexibility index (Phi) is 4.77. The third kappa shape index (κ3) is 3.56. The summed E-state index contributed by atoms with van der Waals surface area (Å²) in [7, 11) is 0. The molecule has 0 bridgehead atoms. The number of aryl methyl sites for hydroxylation is 1. The Hall–Kier alpha value is -1.12. The SMILES string of the molecule is Cc1ccc(C2CCNCC2Cc2ccccc2)cc1Br. The van der Waals surface area contributed by atoms with Crippen molar-refractivity contribution in [2.45, 2.75) is 25.7 Å². The van der Waals surface area contributed by atoms with Crippen molar-refractivity contribution in [2.24, 2.45) is 5.92 Å². The monoisotopic (exact) mass is 343 g/mol. The Morgan fingerprint density at radius 2 is 1.95 bits per heavy atom. The summed E-state index contributed by atoms with van der Waals surface area (Å²) in [4.78, 5) is 0. The van der Waals surface area contributed by atoms with Crippen LogP contribution in [0.5, 0.6) is 0 Å². The average molecular weight is 344 g/mol. The Bertz CT molecular complexity index is 594. The molecule has 0 aromatic heterocycles. The molecule has 3 rings (SSSR count). The predicted molar refractivity (Wildman–Crippen MR) is 92.7 cm³/mol.